The number of carbonyl (C=O) groups excluding carboxylic acids is 1. The lowest BCUT2D eigenvalue weighted by Gasteiger charge is -2.24. The first-order valence-electron chi connectivity index (χ1n) is 9.10. The van der Waals surface area contributed by atoms with Crippen LogP contribution in [0.5, 0.6) is 0 Å². The molecular weight excluding hydrogens is 417 g/mol. The molecule has 3 rings (SSSR count). The normalized spacial score (nSPS) is 24.8. The maximum absolute atomic E-state index is 11.8. The predicted molar refractivity (Wildman–Crippen MR) is 108 cm³/mol. The van der Waals surface area contributed by atoms with Crippen LogP contribution >= 0.6 is 24.0 Å². The summed E-state index contributed by atoms with van der Waals surface area (Å²) in [6, 6.07) is 0.570. The van der Waals surface area contributed by atoms with Gasteiger partial charge in [-0.2, -0.15) is 0 Å². The van der Waals surface area contributed by atoms with Crippen molar-refractivity contribution in [2.45, 2.75) is 38.1 Å². The van der Waals surface area contributed by atoms with Gasteiger partial charge in [0.15, 0.2) is 5.96 Å². The second-order valence-electron chi connectivity index (χ2n) is 7.46. The van der Waals surface area contributed by atoms with E-state index < -0.39 is 0 Å². The summed E-state index contributed by atoms with van der Waals surface area (Å²) < 4.78 is 0. The van der Waals surface area contributed by atoms with E-state index in [1.165, 1.54) is 51.7 Å². The molecule has 0 radical (unpaired) electrons. The van der Waals surface area contributed by atoms with E-state index in [1.54, 1.807) is 19.0 Å². The van der Waals surface area contributed by atoms with Crippen molar-refractivity contribution in [3.05, 3.63) is 0 Å². The summed E-state index contributed by atoms with van der Waals surface area (Å²) in [4.78, 5) is 23.0. The van der Waals surface area contributed by atoms with Crippen LogP contribution in [0.15, 0.2) is 4.99 Å². The van der Waals surface area contributed by atoms with Crippen LogP contribution in [0.1, 0.15) is 32.1 Å². The molecule has 3 aliphatic rings. The SMILES string of the molecule is CN(C)C(=O)CN=C(NC1CC1)N1CCC(CN2CCCC2)C1.I. The van der Waals surface area contributed by atoms with Crippen LogP contribution in [0.25, 0.3) is 0 Å². The molecule has 138 valence electrons. The highest BCUT2D eigenvalue weighted by molar-refractivity contribution is 14.0. The first kappa shape index (κ1) is 19.8. The highest BCUT2D eigenvalue weighted by Crippen LogP contribution is 2.23. The molecule has 1 aliphatic carbocycles. The minimum absolute atomic E-state index is 0. The van der Waals surface area contributed by atoms with Gasteiger partial charge in [0.25, 0.3) is 0 Å². The topological polar surface area (TPSA) is 51.2 Å². The van der Waals surface area contributed by atoms with Gasteiger partial charge in [-0.05, 0) is 51.1 Å². The minimum Gasteiger partial charge on any atom is -0.353 e. The molecule has 0 spiro atoms. The Bertz CT molecular complexity index is 446. The Morgan fingerprint density at radius 2 is 1.88 bits per heavy atom. The molecule has 2 aliphatic heterocycles. The lowest BCUT2D eigenvalue weighted by molar-refractivity contribution is -0.127. The van der Waals surface area contributed by atoms with Crippen molar-refractivity contribution < 1.29 is 4.79 Å². The fourth-order valence-electron chi connectivity index (χ4n) is 3.44. The molecule has 1 unspecified atom stereocenters. The molecule has 1 amide bonds. The number of guanidine groups is 1. The fourth-order valence-corrected chi connectivity index (χ4v) is 3.44. The number of carbonyl (C=O) groups is 1. The Labute approximate surface area is 163 Å². The molecular formula is C17H32IN5O. The summed E-state index contributed by atoms with van der Waals surface area (Å²) in [5.74, 6) is 1.75. The van der Waals surface area contributed by atoms with Crippen LogP contribution in [-0.4, -0.2) is 86.0 Å². The van der Waals surface area contributed by atoms with E-state index in [4.69, 9.17) is 0 Å². The standard InChI is InChI=1S/C17H31N5O.HI/c1-20(2)16(23)11-18-17(19-15-5-6-15)22-10-7-14(13-22)12-21-8-3-4-9-21;/h14-15H,3-13H2,1-2H3,(H,18,19);1H. The van der Waals surface area contributed by atoms with E-state index in [9.17, 15) is 4.79 Å². The van der Waals surface area contributed by atoms with Crippen molar-refractivity contribution in [3.63, 3.8) is 0 Å². The summed E-state index contributed by atoms with van der Waals surface area (Å²) >= 11 is 0. The average Bonchev–Trinajstić information content (AvgIpc) is 3.00. The third-order valence-corrected chi connectivity index (χ3v) is 5.07. The third kappa shape index (κ3) is 5.75. The maximum Gasteiger partial charge on any atom is 0.243 e. The first-order chi connectivity index (χ1) is 11.1. The Balaban J connectivity index is 0.00000208. The average molecular weight is 449 g/mol. The van der Waals surface area contributed by atoms with Crippen LogP contribution < -0.4 is 5.32 Å². The van der Waals surface area contributed by atoms with Gasteiger partial charge >= 0.3 is 0 Å². The van der Waals surface area contributed by atoms with Gasteiger partial charge in [0.2, 0.25) is 5.91 Å². The molecule has 7 heteroatoms. The zero-order chi connectivity index (χ0) is 16.2. The second-order valence-corrected chi connectivity index (χ2v) is 7.46. The third-order valence-electron chi connectivity index (χ3n) is 5.07. The lowest BCUT2D eigenvalue weighted by Crippen LogP contribution is -2.42. The second kappa shape index (κ2) is 9.22. The quantitative estimate of drug-likeness (QED) is 0.390. The van der Waals surface area contributed by atoms with Crippen molar-refractivity contribution in [1.29, 1.82) is 0 Å². The molecule has 1 saturated carbocycles. The van der Waals surface area contributed by atoms with Gasteiger partial charge in [0, 0.05) is 39.8 Å². The number of likely N-dealkylation sites (N-methyl/N-ethyl adjacent to an activating group) is 1. The van der Waals surface area contributed by atoms with E-state index in [0.717, 1.165) is 25.0 Å². The summed E-state index contributed by atoms with van der Waals surface area (Å²) in [5, 5.41) is 3.53. The molecule has 2 saturated heterocycles. The van der Waals surface area contributed by atoms with Gasteiger partial charge in [0.05, 0.1) is 0 Å². The number of amides is 1. The van der Waals surface area contributed by atoms with Gasteiger partial charge in [-0.25, -0.2) is 4.99 Å². The summed E-state index contributed by atoms with van der Waals surface area (Å²) in [6.07, 6.45) is 6.42. The Morgan fingerprint density at radius 1 is 1.17 bits per heavy atom. The molecule has 2 heterocycles. The zero-order valence-corrected chi connectivity index (χ0v) is 17.4. The molecule has 3 fully saturated rings. The highest BCUT2D eigenvalue weighted by atomic mass is 127. The number of nitrogens with one attached hydrogen (secondary N) is 1. The highest BCUT2D eigenvalue weighted by Gasteiger charge is 2.30. The molecule has 0 aromatic carbocycles. The molecule has 0 aromatic rings. The predicted octanol–water partition coefficient (Wildman–Crippen LogP) is 1.22. The Kier molecular flexibility index (Phi) is 7.59. The monoisotopic (exact) mass is 449 g/mol. The molecule has 1 N–H and O–H groups in total. The van der Waals surface area contributed by atoms with E-state index in [1.807, 2.05) is 0 Å². The molecule has 0 bridgehead atoms. The van der Waals surface area contributed by atoms with E-state index in [-0.39, 0.29) is 36.4 Å². The number of halogens is 1. The van der Waals surface area contributed by atoms with Crippen LogP contribution in [0.3, 0.4) is 0 Å². The number of hydrogen-bond acceptors (Lipinski definition) is 3. The van der Waals surface area contributed by atoms with Crippen LogP contribution in [0, 0.1) is 5.92 Å². The first-order valence-corrected chi connectivity index (χ1v) is 9.10. The number of rotatable bonds is 5. The van der Waals surface area contributed by atoms with Crippen LogP contribution in [0.4, 0.5) is 0 Å². The van der Waals surface area contributed by atoms with Crippen molar-refractivity contribution in [3.8, 4) is 0 Å². The smallest absolute Gasteiger partial charge is 0.243 e. The van der Waals surface area contributed by atoms with Crippen LogP contribution in [-0.2, 0) is 4.79 Å². The number of nitrogens with zero attached hydrogens (tertiary/aromatic N) is 4. The van der Waals surface area contributed by atoms with E-state index in [0.29, 0.717) is 6.04 Å². The van der Waals surface area contributed by atoms with Crippen LogP contribution in [0.2, 0.25) is 0 Å². The maximum atomic E-state index is 11.8. The summed E-state index contributed by atoms with van der Waals surface area (Å²) in [7, 11) is 3.57. The van der Waals surface area contributed by atoms with Gasteiger partial charge in [0.1, 0.15) is 6.54 Å². The summed E-state index contributed by atoms with van der Waals surface area (Å²) in [5.41, 5.74) is 0. The fraction of sp³-hybridized carbons (Fsp3) is 0.882. The molecule has 24 heavy (non-hydrogen) atoms. The summed E-state index contributed by atoms with van der Waals surface area (Å²) in [6.45, 7) is 6.15. The number of likely N-dealkylation sites (tertiary alicyclic amines) is 2. The van der Waals surface area contributed by atoms with E-state index in [2.05, 4.69) is 20.1 Å². The number of aliphatic imine (C=N–C) groups is 1. The molecule has 0 aromatic heterocycles. The molecule has 1 atom stereocenters. The number of hydrogen-bond donors (Lipinski definition) is 1. The van der Waals surface area contributed by atoms with Crippen molar-refractivity contribution >= 4 is 35.8 Å². The van der Waals surface area contributed by atoms with Crippen molar-refractivity contribution in [2.75, 3.05) is 53.4 Å². The largest absolute Gasteiger partial charge is 0.353 e. The Hall–Kier alpha value is -0.570. The van der Waals surface area contributed by atoms with Gasteiger partial charge in [-0.15, -0.1) is 24.0 Å². The van der Waals surface area contributed by atoms with Gasteiger partial charge in [-0.1, -0.05) is 0 Å². The van der Waals surface area contributed by atoms with Crippen molar-refractivity contribution in [1.82, 2.24) is 20.0 Å². The Morgan fingerprint density at radius 3 is 2.50 bits per heavy atom. The van der Waals surface area contributed by atoms with Crippen molar-refractivity contribution in [2.24, 2.45) is 10.9 Å². The minimum atomic E-state index is 0. The van der Waals surface area contributed by atoms with Gasteiger partial charge in [-0.3, -0.25) is 4.79 Å². The van der Waals surface area contributed by atoms with E-state index >= 15 is 0 Å². The molecule has 6 nitrogen and oxygen atoms in total. The lowest BCUT2D eigenvalue weighted by atomic mass is 10.1. The van der Waals surface area contributed by atoms with Gasteiger partial charge < -0.3 is 20.0 Å². The zero-order valence-electron chi connectivity index (χ0n) is 15.0.